The fourth-order valence-electron chi connectivity index (χ4n) is 8.97. The topological polar surface area (TPSA) is 216 Å². The van der Waals surface area contributed by atoms with Gasteiger partial charge in [-0.15, -0.1) is 0 Å². The molecule has 1 aliphatic rings. The highest BCUT2D eigenvalue weighted by Crippen LogP contribution is 2.50. The third-order valence-electron chi connectivity index (χ3n) is 13.5. The normalized spacial score (nSPS) is 15.9. The summed E-state index contributed by atoms with van der Waals surface area (Å²) < 4.78 is 22.4. The smallest absolute Gasteiger partial charge is 0.237 e. The van der Waals surface area contributed by atoms with Gasteiger partial charge in [0.25, 0.3) is 0 Å². The molecule has 0 bridgehead atoms. The molecule has 0 aromatic carbocycles. The van der Waals surface area contributed by atoms with Crippen LogP contribution in [0.4, 0.5) is 0 Å². The molecule has 1 rings (SSSR count). The molecule has 75 heavy (non-hydrogen) atoms. The van der Waals surface area contributed by atoms with E-state index in [2.05, 4.69) is 36.7 Å². The molecule has 0 aromatic rings. The van der Waals surface area contributed by atoms with Crippen molar-refractivity contribution >= 4 is 59.2 Å². The van der Waals surface area contributed by atoms with E-state index >= 15 is 0 Å². The van der Waals surface area contributed by atoms with Gasteiger partial charge in [0, 0.05) is 116 Å². The summed E-state index contributed by atoms with van der Waals surface area (Å²) in [5.74, 6) is -0.0811. The van der Waals surface area contributed by atoms with Gasteiger partial charge >= 0.3 is 0 Å². The first-order chi connectivity index (χ1) is 36.1. The molecule has 2 atom stereocenters. The molecular formula is C57H105N4O12PS. The summed E-state index contributed by atoms with van der Waals surface area (Å²) in [7, 11) is 0. The second-order valence-electron chi connectivity index (χ2n) is 20.9. The number of carbonyl (C=O) groups is 7. The average molecular weight is 1100 g/mol. The Kier molecular flexibility index (Phi) is 43.6. The number of amides is 3. The van der Waals surface area contributed by atoms with Crippen molar-refractivity contribution in [2.24, 2.45) is 5.92 Å². The van der Waals surface area contributed by atoms with E-state index in [9.17, 15) is 38.5 Å². The van der Waals surface area contributed by atoms with Gasteiger partial charge in [-0.3, -0.25) is 38.5 Å². The minimum absolute atomic E-state index is 0.0546. The van der Waals surface area contributed by atoms with Gasteiger partial charge in [0.2, 0.25) is 17.7 Å². The van der Waals surface area contributed by atoms with Crippen LogP contribution < -0.4 is 16.0 Å². The lowest BCUT2D eigenvalue weighted by Crippen LogP contribution is -2.53. The lowest BCUT2D eigenvalue weighted by Gasteiger charge is -2.31. The average Bonchev–Trinajstić information content (AvgIpc) is 3.37. The largest absolute Gasteiger partial charge is 0.381 e. The Balaban J connectivity index is 2.97. The molecule has 4 N–H and O–H groups in total. The van der Waals surface area contributed by atoms with E-state index in [-0.39, 0.29) is 71.6 Å². The van der Waals surface area contributed by atoms with Crippen molar-refractivity contribution in [3.05, 3.63) is 0 Å². The summed E-state index contributed by atoms with van der Waals surface area (Å²) in [6.45, 7) is 11.8. The molecular weight excluding hydrogens is 996 g/mol. The molecule has 0 aliphatic heterocycles. The summed E-state index contributed by atoms with van der Waals surface area (Å²) in [6.07, 6.45) is 19.9. The number of carbonyl (C=O) groups excluding carboxylic acids is 7. The van der Waals surface area contributed by atoms with Crippen molar-refractivity contribution in [2.45, 2.75) is 245 Å². The van der Waals surface area contributed by atoms with Crippen LogP contribution in [0, 0.1) is 5.92 Å². The van der Waals surface area contributed by atoms with Crippen LogP contribution in [0.15, 0.2) is 0 Å². The van der Waals surface area contributed by atoms with Gasteiger partial charge in [-0.05, 0) is 127 Å². The van der Waals surface area contributed by atoms with E-state index in [4.69, 9.17) is 30.5 Å². The van der Waals surface area contributed by atoms with Crippen LogP contribution in [-0.2, 0) is 64.1 Å². The lowest BCUT2D eigenvalue weighted by atomic mass is 9.83. The summed E-state index contributed by atoms with van der Waals surface area (Å²) in [5, 5.41) is 9.03. The van der Waals surface area contributed by atoms with Crippen LogP contribution in [0.1, 0.15) is 227 Å². The van der Waals surface area contributed by atoms with Crippen LogP contribution in [-0.4, -0.2) is 141 Å². The van der Waals surface area contributed by atoms with Crippen molar-refractivity contribution in [1.82, 2.24) is 20.9 Å². The Morgan fingerprint density at radius 2 is 0.907 bits per heavy atom. The third-order valence-corrected chi connectivity index (χ3v) is 17.0. The molecule has 0 heterocycles. The molecule has 0 aromatic heterocycles. The predicted molar refractivity (Wildman–Crippen MR) is 302 cm³/mol. The second kappa shape index (κ2) is 46.4. The molecule has 0 spiro atoms. The van der Waals surface area contributed by atoms with Crippen LogP contribution in [0.25, 0.3) is 0 Å². The molecule has 16 nitrogen and oxygen atoms in total. The molecule has 1 saturated carbocycles. The maximum absolute atomic E-state index is 14.2. The van der Waals surface area contributed by atoms with Crippen LogP contribution in [0.2, 0.25) is 0 Å². The number of nitrogens with one attached hydrogen (secondary N) is 3. The Labute approximate surface area is 458 Å². The van der Waals surface area contributed by atoms with Gasteiger partial charge in [-0.1, -0.05) is 66.7 Å². The molecule has 436 valence electrons. The minimum Gasteiger partial charge on any atom is -0.381 e. The molecule has 0 radical (unpaired) electrons. The summed E-state index contributed by atoms with van der Waals surface area (Å²) in [6, 6.07) is -0.794. The fourth-order valence-corrected chi connectivity index (χ4v) is 10.2. The van der Waals surface area contributed by atoms with Crippen molar-refractivity contribution in [2.75, 3.05) is 72.4 Å². The molecule has 1 fully saturated rings. The van der Waals surface area contributed by atoms with E-state index in [1.165, 1.54) is 0 Å². The number of Topliss-reactive ketones (excluding diaryl/α,β-unsaturated/α-hetero) is 4. The maximum atomic E-state index is 14.2. The van der Waals surface area contributed by atoms with E-state index in [1.807, 2.05) is 13.8 Å². The summed E-state index contributed by atoms with van der Waals surface area (Å²) in [5.41, 5.74) is -0.120. The number of ether oxygens (including phenoxy) is 3. The highest BCUT2D eigenvalue weighted by Gasteiger charge is 2.32. The fraction of sp³-hybridized carbons (Fsp3) is 0.877. The van der Waals surface area contributed by atoms with Crippen LogP contribution in [0.5, 0.6) is 0 Å². The van der Waals surface area contributed by atoms with Gasteiger partial charge in [-0.2, -0.15) is 0 Å². The van der Waals surface area contributed by atoms with E-state index in [0.717, 1.165) is 77.0 Å². The van der Waals surface area contributed by atoms with Crippen molar-refractivity contribution < 1.29 is 57.2 Å². The molecule has 0 saturated heterocycles. The predicted octanol–water partition coefficient (Wildman–Crippen LogP) is 9.82. The number of nitrogens with zero attached hydrogens (tertiary/aromatic N) is 1. The Morgan fingerprint density at radius 3 is 1.32 bits per heavy atom. The standard InChI is InChI=1S/C57H105N4O12PS/c1-6-39-70-42-21-27-49(62)24-13-10-18-36-58-55(66)45-61(46-56(67)59-37-19-11-14-25-50(63)28-22-43-71-40-7-2)53(57(68)60-38-20-12-15-26-51(64)29-23-44-72-41-8-3)30-16-9-17-31-54(65)48-32-34-52(35-33-48)73-74(69,75)47(4)5/h47-48,52-53H,6-46H2,1-5H3,(H,58,66)(H,59,67)(H,60,68)(H,69,75). The van der Waals surface area contributed by atoms with Crippen LogP contribution in [0.3, 0.4) is 0 Å². The number of hydrogen-bond acceptors (Lipinski definition) is 13. The van der Waals surface area contributed by atoms with E-state index in [0.29, 0.717) is 175 Å². The first-order valence-corrected chi connectivity index (χ1v) is 32.2. The molecule has 2 unspecified atom stereocenters. The summed E-state index contributed by atoms with van der Waals surface area (Å²) in [4.78, 5) is 104. The zero-order valence-corrected chi connectivity index (χ0v) is 49.3. The first-order valence-electron chi connectivity index (χ1n) is 29.5. The monoisotopic (exact) mass is 1100 g/mol. The SMILES string of the molecule is CCCOCCCC(=O)CCCCCNC(=O)CN(CC(=O)NCCCCCC(=O)CCCOCCC)C(CCCCCC(=O)C1CCC(OP(O)(=S)C(C)C)CC1)C(=O)NCCCCCC(=O)CCCOCCC. The Morgan fingerprint density at radius 1 is 0.520 bits per heavy atom. The summed E-state index contributed by atoms with van der Waals surface area (Å²) >= 11 is 5.34. The zero-order valence-electron chi connectivity index (χ0n) is 47.5. The third kappa shape index (κ3) is 38.7. The van der Waals surface area contributed by atoms with Gasteiger partial charge in [0.15, 0.2) is 6.49 Å². The van der Waals surface area contributed by atoms with Crippen molar-refractivity contribution in [3.63, 3.8) is 0 Å². The van der Waals surface area contributed by atoms with Gasteiger partial charge < -0.3 is 39.6 Å². The van der Waals surface area contributed by atoms with Gasteiger partial charge in [0.05, 0.1) is 25.2 Å². The first kappa shape index (κ1) is 70.5. The minimum atomic E-state index is -2.86. The van der Waals surface area contributed by atoms with Crippen molar-refractivity contribution in [3.8, 4) is 0 Å². The molecule has 3 amide bonds. The van der Waals surface area contributed by atoms with Crippen LogP contribution >= 0.6 is 6.49 Å². The van der Waals surface area contributed by atoms with Gasteiger partial charge in [0.1, 0.15) is 23.1 Å². The Hall–Kier alpha value is -2.50. The lowest BCUT2D eigenvalue weighted by molar-refractivity contribution is -0.132. The molecule has 1 aliphatic carbocycles. The maximum Gasteiger partial charge on any atom is 0.237 e. The van der Waals surface area contributed by atoms with Crippen molar-refractivity contribution in [1.29, 1.82) is 0 Å². The highest BCUT2D eigenvalue weighted by atomic mass is 32.5. The quantitative estimate of drug-likeness (QED) is 0.0330. The second-order valence-corrected chi connectivity index (χ2v) is 24.9. The number of rotatable bonds is 52. The molecule has 18 heteroatoms. The van der Waals surface area contributed by atoms with E-state index < -0.39 is 12.5 Å². The Bertz CT molecular complexity index is 1560. The number of ketones is 4. The van der Waals surface area contributed by atoms with Gasteiger partial charge in [-0.25, -0.2) is 0 Å². The number of unbranched alkanes of at least 4 members (excludes halogenated alkanes) is 8. The zero-order chi connectivity index (χ0) is 55.4. The van der Waals surface area contributed by atoms with E-state index in [1.54, 1.807) is 4.90 Å². The highest BCUT2D eigenvalue weighted by molar-refractivity contribution is 8.09. The number of hydrogen-bond donors (Lipinski definition) is 4.